The van der Waals surface area contributed by atoms with Crippen molar-refractivity contribution in [2.75, 3.05) is 0 Å². The van der Waals surface area contributed by atoms with Gasteiger partial charge in [-0.3, -0.25) is 4.79 Å². The fourth-order valence-electron chi connectivity index (χ4n) is 0.629. The van der Waals surface area contributed by atoms with Crippen molar-refractivity contribution < 1.29 is 15.4 Å². The molecule has 0 saturated carbocycles. The van der Waals surface area contributed by atoms with E-state index in [1.165, 1.54) is 0 Å². The lowest BCUT2D eigenvalue weighted by Gasteiger charge is -1.80. The van der Waals surface area contributed by atoms with E-state index in [2.05, 4.69) is 0 Å². The van der Waals surface area contributed by atoms with Crippen molar-refractivity contribution in [3.05, 3.63) is 35.4 Å². The Morgan fingerprint density at radius 3 is 2.00 bits per heavy atom. The van der Waals surface area contributed by atoms with Gasteiger partial charge in [0.15, 0.2) is 0 Å². The van der Waals surface area contributed by atoms with Crippen LogP contribution < -0.4 is 0 Å². The van der Waals surface area contributed by atoms with E-state index in [-0.39, 0.29) is 5.48 Å². The maximum Gasteiger partial charge on any atom is 0.303 e. The number of halogens is 1. The molecule has 0 saturated heterocycles. The zero-order valence-corrected chi connectivity index (χ0v) is 8.79. The van der Waals surface area contributed by atoms with Gasteiger partial charge in [-0.2, -0.15) is 0 Å². The summed E-state index contributed by atoms with van der Waals surface area (Å²) in [6.45, 7) is 1.84. The number of rotatable bonds is 2. The summed E-state index contributed by atoms with van der Waals surface area (Å²) in [7, 11) is 0. The van der Waals surface area contributed by atoms with E-state index in [1.807, 2.05) is 37.3 Å². The van der Waals surface area contributed by atoms with Crippen LogP contribution in [0.1, 0.15) is 19.8 Å². The third-order valence-corrected chi connectivity index (χ3v) is 1.45. The second-order valence-electron chi connectivity index (χ2n) is 2.44. The minimum atomic E-state index is -0.711. The van der Waals surface area contributed by atoms with Crippen LogP contribution in [0.2, 0.25) is 5.02 Å². The smallest absolute Gasteiger partial charge is 0.303 e. The highest BCUT2D eigenvalue weighted by Crippen LogP contribution is 2.03. The number of hydrogen-bond donors (Lipinski definition) is 1. The summed E-state index contributed by atoms with van der Waals surface area (Å²) in [5.74, 6) is -0.711. The Balaban J connectivity index is 0. The molecule has 0 fully saturated rings. The number of hydrogen-bond acceptors (Lipinski definition) is 1. The molecule has 0 aliphatic rings. The van der Waals surface area contributed by atoms with Crippen molar-refractivity contribution in [2.24, 2.45) is 0 Å². The van der Waals surface area contributed by atoms with E-state index in [0.29, 0.717) is 6.42 Å². The van der Waals surface area contributed by atoms with Crippen LogP contribution in [0.25, 0.3) is 0 Å². The molecule has 4 heteroatoms. The number of aliphatic carboxylic acids is 1. The summed E-state index contributed by atoms with van der Waals surface area (Å²) >= 11 is 5.54. The molecule has 0 spiro atoms. The van der Waals surface area contributed by atoms with Crippen LogP contribution in [0.15, 0.2) is 30.3 Å². The Kier molecular flexibility index (Phi) is 11.0. The van der Waals surface area contributed by atoms with E-state index in [4.69, 9.17) is 16.7 Å². The number of carboxylic acids is 1. The Morgan fingerprint density at radius 1 is 1.36 bits per heavy atom. The van der Waals surface area contributed by atoms with Crippen molar-refractivity contribution in [3.63, 3.8) is 0 Å². The first-order valence-electron chi connectivity index (χ1n) is 4.09. The van der Waals surface area contributed by atoms with Crippen molar-refractivity contribution in [1.29, 1.82) is 0 Å². The van der Waals surface area contributed by atoms with Crippen molar-refractivity contribution in [2.45, 2.75) is 19.8 Å². The summed E-state index contributed by atoms with van der Waals surface area (Å²) in [4.78, 5) is 9.60. The molecule has 0 heterocycles. The fraction of sp³-hybridized carbons (Fsp3) is 0.300. The molecule has 3 N–H and O–H groups in total. The average Bonchev–Trinajstić information content (AvgIpc) is 2.06. The van der Waals surface area contributed by atoms with Gasteiger partial charge >= 0.3 is 5.97 Å². The van der Waals surface area contributed by atoms with Crippen molar-refractivity contribution >= 4 is 17.6 Å². The average molecular weight is 219 g/mol. The van der Waals surface area contributed by atoms with E-state index < -0.39 is 5.97 Å². The van der Waals surface area contributed by atoms with Gasteiger partial charge in [0.2, 0.25) is 0 Å². The van der Waals surface area contributed by atoms with Crippen LogP contribution in [0.5, 0.6) is 0 Å². The first kappa shape index (κ1) is 15.4. The molecule has 0 amide bonds. The summed E-state index contributed by atoms with van der Waals surface area (Å²) in [6, 6.07) is 9.44. The summed E-state index contributed by atoms with van der Waals surface area (Å²) in [5.41, 5.74) is 0. The molecule has 0 radical (unpaired) electrons. The van der Waals surface area contributed by atoms with Gasteiger partial charge in [-0.1, -0.05) is 36.7 Å². The van der Waals surface area contributed by atoms with Crippen molar-refractivity contribution in [1.82, 2.24) is 0 Å². The lowest BCUT2D eigenvalue weighted by Crippen LogP contribution is -1.90. The Bertz CT molecular complexity index is 236. The van der Waals surface area contributed by atoms with Crippen LogP contribution in [0.4, 0.5) is 0 Å². The van der Waals surface area contributed by atoms with Crippen LogP contribution in [-0.4, -0.2) is 16.6 Å². The molecule has 0 unspecified atom stereocenters. The van der Waals surface area contributed by atoms with E-state index in [9.17, 15) is 4.79 Å². The molecule has 0 bridgehead atoms. The summed E-state index contributed by atoms with van der Waals surface area (Å²) in [5, 5.41) is 8.71. The first-order chi connectivity index (χ1) is 6.16. The highest BCUT2D eigenvalue weighted by Gasteiger charge is 1.87. The predicted molar refractivity (Wildman–Crippen MR) is 57.6 cm³/mol. The topological polar surface area (TPSA) is 68.8 Å². The maximum atomic E-state index is 9.60. The van der Waals surface area contributed by atoms with Crippen molar-refractivity contribution in [3.8, 4) is 0 Å². The quantitative estimate of drug-likeness (QED) is 0.828. The Morgan fingerprint density at radius 2 is 1.86 bits per heavy atom. The van der Waals surface area contributed by atoms with E-state index in [0.717, 1.165) is 11.4 Å². The molecule has 0 atom stereocenters. The minimum absolute atomic E-state index is 0. The van der Waals surface area contributed by atoms with Gasteiger partial charge in [0.1, 0.15) is 0 Å². The molecule has 3 nitrogen and oxygen atoms in total. The molecule has 14 heavy (non-hydrogen) atoms. The van der Waals surface area contributed by atoms with Crippen LogP contribution in [-0.2, 0) is 4.79 Å². The third kappa shape index (κ3) is 10.9. The zero-order chi connectivity index (χ0) is 10.1. The molecular weight excluding hydrogens is 204 g/mol. The lowest BCUT2D eigenvalue weighted by molar-refractivity contribution is -0.137. The molecule has 1 rings (SSSR count). The highest BCUT2D eigenvalue weighted by molar-refractivity contribution is 6.30. The van der Waals surface area contributed by atoms with Gasteiger partial charge in [0.25, 0.3) is 0 Å². The maximum absolute atomic E-state index is 9.60. The summed E-state index contributed by atoms with van der Waals surface area (Å²) < 4.78 is 0. The standard InChI is InChI=1S/C6H5Cl.C4H8O2.H2O/c7-6-4-2-1-3-5-6;1-2-3-4(5)6;/h1-5H;2-3H2,1H3,(H,5,6);1H2. The molecular formula is C10H15ClO3. The van der Waals surface area contributed by atoms with Gasteiger partial charge in [-0.05, 0) is 18.6 Å². The van der Waals surface area contributed by atoms with Gasteiger partial charge in [-0.15, -0.1) is 0 Å². The van der Waals surface area contributed by atoms with Gasteiger partial charge in [0.05, 0.1) is 0 Å². The third-order valence-electron chi connectivity index (χ3n) is 1.20. The normalized spacial score (nSPS) is 7.86. The number of benzene rings is 1. The molecule has 1 aromatic carbocycles. The molecule has 0 aliphatic heterocycles. The van der Waals surface area contributed by atoms with Crippen LogP contribution in [0.3, 0.4) is 0 Å². The van der Waals surface area contributed by atoms with E-state index in [1.54, 1.807) is 0 Å². The number of carbonyl (C=O) groups is 1. The first-order valence-corrected chi connectivity index (χ1v) is 4.47. The molecule has 0 aliphatic carbocycles. The monoisotopic (exact) mass is 218 g/mol. The minimum Gasteiger partial charge on any atom is -0.481 e. The molecule has 1 aromatic rings. The van der Waals surface area contributed by atoms with Gasteiger partial charge in [-0.25, -0.2) is 0 Å². The Hall–Kier alpha value is -1.06. The largest absolute Gasteiger partial charge is 0.481 e. The molecule has 0 aromatic heterocycles. The summed E-state index contributed by atoms with van der Waals surface area (Å²) in [6.07, 6.45) is 1.02. The van der Waals surface area contributed by atoms with Crippen LogP contribution >= 0.6 is 11.6 Å². The highest BCUT2D eigenvalue weighted by atomic mass is 35.5. The SMILES string of the molecule is CCCC(=O)O.Clc1ccccc1.O. The predicted octanol–water partition coefficient (Wildman–Crippen LogP) is 2.39. The second-order valence-corrected chi connectivity index (χ2v) is 2.88. The fourth-order valence-corrected chi connectivity index (χ4v) is 0.774. The zero-order valence-electron chi connectivity index (χ0n) is 8.03. The second kappa shape index (κ2) is 10.0. The molecule has 80 valence electrons. The lowest BCUT2D eigenvalue weighted by atomic mass is 10.4. The van der Waals surface area contributed by atoms with Gasteiger partial charge < -0.3 is 10.6 Å². The number of carboxylic acid groups (broad SMARTS) is 1. The van der Waals surface area contributed by atoms with Gasteiger partial charge in [0, 0.05) is 11.4 Å². The Labute approximate surface area is 88.6 Å². The van der Waals surface area contributed by atoms with E-state index >= 15 is 0 Å². The van der Waals surface area contributed by atoms with Crippen LogP contribution in [0, 0.1) is 0 Å².